The van der Waals surface area contributed by atoms with Crippen LogP contribution in [0.25, 0.3) is 22.3 Å². The third-order valence-corrected chi connectivity index (χ3v) is 5.16. The van der Waals surface area contributed by atoms with Crippen LogP contribution in [-0.2, 0) is 13.2 Å². The van der Waals surface area contributed by atoms with Gasteiger partial charge in [-0.15, -0.1) is 5.10 Å². The molecule has 0 aliphatic carbocycles. The van der Waals surface area contributed by atoms with Crippen molar-refractivity contribution in [2.24, 2.45) is 0 Å². The second-order valence-corrected chi connectivity index (χ2v) is 7.54. The van der Waals surface area contributed by atoms with E-state index < -0.39 is 0 Å². The van der Waals surface area contributed by atoms with Crippen LogP contribution < -0.4 is 14.3 Å². The van der Waals surface area contributed by atoms with Gasteiger partial charge < -0.3 is 14.3 Å². The van der Waals surface area contributed by atoms with Gasteiger partial charge in [0.25, 0.3) is 0 Å². The zero-order valence-electron chi connectivity index (χ0n) is 18.7. The van der Waals surface area contributed by atoms with Gasteiger partial charge in [0.1, 0.15) is 31.3 Å². The fourth-order valence-electron chi connectivity index (χ4n) is 3.47. The van der Waals surface area contributed by atoms with Crippen molar-refractivity contribution >= 4 is 10.9 Å². The molecule has 0 aliphatic heterocycles. The lowest BCUT2D eigenvalue weighted by Crippen LogP contribution is -2.13. The van der Waals surface area contributed by atoms with Gasteiger partial charge in [0.15, 0.2) is 0 Å². The molecular formula is C26H23N5O3. The number of aromatic nitrogens is 5. The summed E-state index contributed by atoms with van der Waals surface area (Å²) >= 11 is 0. The Balaban J connectivity index is 1.19. The van der Waals surface area contributed by atoms with Crippen molar-refractivity contribution in [1.29, 1.82) is 0 Å². The van der Waals surface area contributed by atoms with Gasteiger partial charge in [0, 0.05) is 17.0 Å². The summed E-state index contributed by atoms with van der Waals surface area (Å²) in [7, 11) is 0. The van der Waals surface area contributed by atoms with E-state index in [0.29, 0.717) is 25.6 Å². The topological polar surface area (TPSA) is 84.2 Å². The van der Waals surface area contributed by atoms with Crippen LogP contribution in [0, 0.1) is 0 Å². The molecule has 0 aliphatic rings. The number of hydrogen-bond acceptors (Lipinski definition) is 7. The van der Waals surface area contributed by atoms with Crippen molar-refractivity contribution < 1.29 is 14.3 Å². The number of para-hydroxylation sites is 1. The lowest BCUT2D eigenvalue weighted by atomic mass is 10.1. The van der Waals surface area contributed by atoms with Crippen molar-refractivity contribution in [3.63, 3.8) is 0 Å². The minimum absolute atomic E-state index is 0.386. The zero-order valence-corrected chi connectivity index (χ0v) is 18.7. The van der Waals surface area contributed by atoms with Crippen LogP contribution in [0.2, 0.25) is 0 Å². The first-order chi connectivity index (χ1) is 16.8. The highest BCUT2D eigenvalue weighted by Crippen LogP contribution is 2.22. The van der Waals surface area contributed by atoms with Crippen LogP contribution >= 0.6 is 0 Å². The van der Waals surface area contributed by atoms with Crippen molar-refractivity contribution in [3.05, 3.63) is 96.2 Å². The molecule has 5 aromatic rings. The Morgan fingerprint density at radius 1 is 0.794 bits per heavy atom. The average molecular weight is 454 g/mol. The molecule has 0 amide bonds. The first-order valence-corrected chi connectivity index (χ1v) is 11.0. The molecule has 34 heavy (non-hydrogen) atoms. The first kappa shape index (κ1) is 21.4. The molecule has 0 atom stereocenters. The molecule has 8 nitrogen and oxygen atoms in total. The van der Waals surface area contributed by atoms with Gasteiger partial charge in [-0.1, -0.05) is 59.4 Å². The van der Waals surface area contributed by atoms with E-state index in [0.717, 1.165) is 39.2 Å². The van der Waals surface area contributed by atoms with Gasteiger partial charge in [0.05, 0.1) is 11.2 Å². The first-order valence-electron chi connectivity index (χ1n) is 11.0. The maximum absolute atomic E-state index is 5.97. The Labute approximate surface area is 196 Å². The summed E-state index contributed by atoms with van der Waals surface area (Å²) in [6, 6.07) is 27.5. The van der Waals surface area contributed by atoms with Crippen LogP contribution in [0.4, 0.5) is 0 Å². The van der Waals surface area contributed by atoms with E-state index in [1.165, 1.54) is 4.85 Å². The number of rotatable bonds is 9. The van der Waals surface area contributed by atoms with Gasteiger partial charge in [-0.25, -0.2) is 4.98 Å². The SMILES string of the molecule is CCOn1nnnc1-c1ccc(COc2cccc(OCc3ccc4ccccc4n3)c2)cc1. The summed E-state index contributed by atoms with van der Waals surface area (Å²) in [6.45, 7) is 3.17. The lowest BCUT2D eigenvalue weighted by Gasteiger charge is -2.10. The number of tetrazole rings is 1. The normalized spacial score (nSPS) is 10.9. The summed E-state index contributed by atoms with van der Waals surface area (Å²) in [5, 5.41) is 12.6. The fourth-order valence-corrected chi connectivity index (χ4v) is 3.47. The van der Waals surface area contributed by atoms with Crippen molar-refractivity contribution in [2.45, 2.75) is 20.1 Å². The molecule has 0 saturated heterocycles. The molecular weight excluding hydrogens is 430 g/mol. The quantitative estimate of drug-likeness (QED) is 0.325. The predicted molar refractivity (Wildman–Crippen MR) is 127 cm³/mol. The Kier molecular flexibility index (Phi) is 6.29. The smallest absolute Gasteiger partial charge is 0.222 e. The molecule has 0 N–H and O–H groups in total. The highest BCUT2D eigenvalue weighted by molar-refractivity contribution is 5.78. The van der Waals surface area contributed by atoms with Crippen molar-refractivity contribution in [2.75, 3.05) is 6.61 Å². The molecule has 0 unspecified atom stereocenters. The monoisotopic (exact) mass is 453 g/mol. The second kappa shape index (κ2) is 9.99. The van der Waals surface area contributed by atoms with Crippen molar-refractivity contribution in [3.8, 4) is 22.9 Å². The molecule has 8 heteroatoms. The molecule has 5 rings (SSSR count). The van der Waals surface area contributed by atoms with E-state index >= 15 is 0 Å². The number of fused-ring (bicyclic) bond motifs is 1. The van der Waals surface area contributed by atoms with E-state index in [2.05, 4.69) is 26.6 Å². The maximum Gasteiger partial charge on any atom is 0.222 e. The minimum Gasteiger partial charge on any atom is -0.489 e. The average Bonchev–Trinajstić information content (AvgIpc) is 3.35. The van der Waals surface area contributed by atoms with Crippen molar-refractivity contribution in [1.82, 2.24) is 25.4 Å². The summed E-state index contributed by atoms with van der Waals surface area (Å²) in [5.41, 5.74) is 3.72. The van der Waals surface area contributed by atoms with Gasteiger partial charge in [0.2, 0.25) is 5.82 Å². The molecule has 0 fully saturated rings. The van der Waals surface area contributed by atoms with E-state index in [4.69, 9.17) is 14.3 Å². The lowest BCUT2D eigenvalue weighted by molar-refractivity contribution is 0.0920. The van der Waals surface area contributed by atoms with Crippen LogP contribution in [0.3, 0.4) is 0 Å². The number of hydrogen-bond donors (Lipinski definition) is 0. The minimum atomic E-state index is 0.386. The zero-order chi connectivity index (χ0) is 23.2. The molecule has 0 bridgehead atoms. The number of ether oxygens (including phenoxy) is 2. The van der Waals surface area contributed by atoms with Crippen LogP contribution in [0.5, 0.6) is 11.5 Å². The standard InChI is InChI=1S/C26H23N5O3/c1-2-34-31-26(28-29-30-31)21-12-10-19(11-13-21)17-32-23-7-5-8-24(16-23)33-18-22-15-14-20-6-3-4-9-25(20)27-22/h3-16H,2,17-18H2,1H3. The molecule has 2 aromatic heterocycles. The van der Waals surface area contributed by atoms with Gasteiger partial charge in [-0.05, 0) is 47.2 Å². The summed E-state index contributed by atoms with van der Waals surface area (Å²) in [4.78, 5) is 11.4. The Morgan fingerprint density at radius 2 is 1.59 bits per heavy atom. The number of pyridine rings is 1. The van der Waals surface area contributed by atoms with E-state index in [-0.39, 0.29) is 0 Å². The van der Waals surface area contributed by atoms with Crippen LogP contribution in [0.1, 0.15) is 18.2 Å². The summed E-state index contributed by atoms with van der Waals surface area (Å²) < 4.78 is 11.9. The molecule has 0 saturated carbocycles. The van der Waals surface area contributed by atoms with Crippen LogP contribution in [0.15, 0.2) is 84.9 Å². The second-order valence-electron chi connectivity index (χ2n) is 7.54. The van der Waals surface area contributed by atoms with E-state index in [1.54, 1.807) is 0 Å². The van der Waals surface area contributed by atoms with E-state index in [9.17, 15) is 0 Å². The molecule has 170 valence electrons. The summed E-state index contributed by atoms with van der Waals surface area (Å²) in [6.07, 6.45) is 0. The number of benzene rings is 3. The van der Waals surface area contributed by atoms with E-state index in [1.807, 2.05) is 85.8 Å². The largest absolute Gasteiger partial charge is 0.489 e. The molecule has 0 spiro atoms. The third-order valence-electron chi connectivity index (χ3n) is 5.16. The Morgan fingerprint density at radius 3 is 2.41 bits per heavy atom. The molecule has 3 aromatic carbocycles. The van der Waals surface area contributed by atoms with Crippen LogP contribution in [-0.4, -0.2) is 32.0 Å². The maximum atomic E-state index is 5.97. The summed E-state index contributed by atoms with van der Waals surface area (Å²) in [5.74, 6) is 2.01. The number of nitrogens with zero attached hydrogens (tertiary/aromatic N) is 5. The molecule has 0 radical (unpaired) electrons. The predicted octanol–water partition coefficient (Wildman–Crippen LogP) is 4.49. The highest BCUT2D eigenvalue weighted by atomic mass is 16.7. The molecule has 2 heterocycles. The van der Waals surface area contributed by atoms with Gasteiger partial charge >= 0.3 is 0 Å². The fraction of sp³-hybridized carbons (Fsp3) is 0.154. The van der Waals surface area contributed by atoms with Gasteiger partial charge in [-0.3, -0.25) is 0 Å². The third kappa shape index (κ3) is 4.96. The highest BCUT2D eigenvalue weighted by Gasteiger charge is 2.10. The van der Waals surface area contributed by atoms with Gasteiger partial charge in [-0.2, -0.15) is 0 Å². The Bertz CT molecular complexity index is 1380. The Hall–Kier alpha value is -4.46.